The fourth-order valence-corrected chi connectivity index (χ4v) is 3.50. The molecule has 4 rings (SSSR count). The Kier molecular flexibility index (Phi) is 5.88. The van der Waals surface area contributed by atoms with Crippen molar-refractivity contribution in [1.82, 2.24) is 29.7 Å². The normalized spacial score (nSPS) is 12.2. The number of benzene rings is 1. The van der Waals surface area contributed by atoms with Crippen molar-refractivity contribution in [3.05, 3.63) is 83.0 Å². The molecule has 0 aliphatic rings. The van der Waals surface area contributed by atoms with Crippen LogP contribution in [0, 0.1) is 5.92 Å². The number of amides is 1. The van der Waals surface area contributed by atoms with Crippen LogP contribution in [0.15, 0.2) is 71.7 Å². The van der Waals surface area contributed by atoms with Crippen molar-refractivity contribution in [2.24, 2.45) is 5.92 Å². The highest BCUT2D eigenvalue weighted by atomic mass is 16.2. The van der Waals surface area contributed by atoms with E-state index in [4.69, 9.17) is 0 Å². The second-order valence-corrected chi connectivity index (χ2v) is 7.82. The molecule has 0 bridgehead atoms. The van der Waals surface area contributed by atoms with Crippen LogP contribution in [0.5, 0.6) is 0 Å². The van der Waals surface area contributed by atoms with E-state index in [9.17, 15) is 9.59 Å². The van der Waals surface area contributed by atoms with Crippen LogP contribution in [0.3, 0.4) is 0 Å². The second-order valence-electron chi connectivity index (χ2n) is 7.82. The number of nitrogens with one attached hydrogen (secondary N) is 1. The Labute approximate surface area is 179 Å². The first kappa shape index (κ1) is 20.5. The Morgan fingerprint density at radius 2 is 1.77 bits per heavy atom. The molecule has 1 aromatic carbocycles. The molecule has 3 heterocycles. The van der Waals surface area contributed by atoms with Crippen LogP contribution in [-0.4, -0.2) is 30.3 Å². The highest BCUT2D eigenvalue weighted by Crippen LogP contribution is 2.20. The smallest absolute Gasteiger partial charge is 0.267 e. The van der Waals surface area contributed by atoms with Gasteiger partial charge in [-0.25, -0.2) is 4.68 Å². The van der Waals surface area contributed by atoms with Crippen molar-refractivity contribution in [3.8, 4) is 11.3 Å². The summed E-state index contributed by atoms with van der Waals surface area (Å²) in [7, 11) is 0. The van der Waals surface area contributed by atoms with Gasteiger partial charge in [0.15, 0.2) is 11.5 Å². The molecule has 1 amide bonds. The van der Waals surface area contributed by atoms with Gasteiger partial charge in [-0.05, 0) is 30.5 Å². The van der Waals surface area contributed by atoms with Crippen molar-refractivity contribution in [3.63, 3.8) is 0 Å². The molecule has 31 heavy (non-hydrogen) atoms. The number of nitrogens with zero attached hydrogens (tertiary/aromatic N) is 5. The Morgan fingerprint density at radius 1 is 1.00 bits per heavy atom. The van der Waals surface area contributed by atoms with Gasteiger partial charge in [0.2, 0.25) is 5.91 Å². The van der Waals surface area contributed by atoms with Crippen molar-refractivity contribution < 1.29 is 4.79 Å². The minimum absolute atomic E-state index is 0.176. The number of carbonyl (C=O) groups excluding carboxylic acids is 1. The lowest BCUT2D eigenvalue weighted by molar-refractivity contribution is -0.122. The van der Waals surface area contributed by atoms with Crippen LogP contribution in [0.2, 0.25) is 0 Å². The van der Waals surface area contributed by atoms with Gasteiger partial charge < -0.3 is 5.32 Å². The fourth-order valence-electron chi connectivity index (χ4n) is 3.50. The summed E-state index contributed by atoms with van der Waals surface area (Å²) in [6.07, 6.45) is 2.56. The lowest BCUT2D eigenvalue weighted by Crippen LogP contribution is -2.36. The summed E-state index contributed by atoms with van der Waals surface area (Å²) < 4.78 is 3.06. The Bertz CT molecular complexity index is 1250. The summed E-state index contributed by atoms with van der Waals surface area (Å²) in [5, 5.41) is 15.9. The minimum atomic E-state index is -0.335. The summed E-state index contributed by atoms with van der Waals surface area (Å²) in [5.74, 6) is 0.678. The zero-order valence-electron chi connectivity index (χ0n) is 17.5. The first-order valence-electron chi connectivity index (χ1n) is 10.2. The molecule has 4 aromatic rings. The molecule has 0 aliphatic carbocycles. The number of carbonyl (C=O) groups is 1. The van der Waals surface area contributed by atoms with E-state index in [1.165, 1.54) is 10.7 Å². The maximum Gasteiger partial charge on any atom is 0.267 e. The minimum Gasteiger partial charge on any atom is -0.344 e. The molecule has 0 radical (unpaired) electrons. The van der Waals surface area contributed by atoms with Gasteiger partial charge >= 0.3 is 0 Å². The highest BCUT2D eigenvalue weighted by Gasteiger charge is 2.22. The molecular weight excluding hydrogens is 392 g/mol. The van der Waals surface area contributed by atoms with Gasteiger partial charge in [0.05, 0.1) is 11.7 Å². The van der Waals surface area contributed by atoms with Crippen LogP contribution in [0.1, 0.15) is 32.1 Å². The first-order valence-corrected chi connectivity index (χ1v) is 10.2. The van der Waals surface area contributed by atoms with E-state index in [1.54, 1.807) is 6.07 Å². The molecule has 1 N–H and O–H groups in total. The molecule has 0 spiro atoms. The number of fused-ring (bicyclic) bond motifs is 1. The third kappa shape index (κ3) is 4.69. The van der Waals surface area contributed by atoms with E-state index in [-0.39, 0.29) is 24.1 Å². The molecule has 8 heteroatoms. The van der Waals surface area contributed by atoms with Crippen LogP contribution in [0.25, 0.3) is 16.9 Å². The zero-order valence-corrected chi connectivity index (χ0v) is 17.5. The fraction of sp³-hybridized carbons (Fsp3) is 0.261. The van der Waals surface area contributed by atoms with Crippen LogP contribution < -0.4 is 10.9 Å². The van der Waals surface area contributed by atoms with E-state index in [1.807, 2.05) is 59.1 Å². The summed E-state index contributed by atoms with van der Waals surface area (Å²) in [6.45, 7) is 3.99. The average molecular weight is 416 g/mol. The third-order valence-corrected chi connectivity index (χ3v) is 4.92. The Balaban J connectivity index is 1.57. The summed E-state index contributed by atoms with van der Waals surface area (Å²) in [6, 6.07) is 17.9. The average Bonchev–Trinajstić information content (AvgIpc) is 3.19. The molecule has 8 nitrogen and oxygen atoms in total. The summed E-state index contributed by atoms with van der Waals surface area (Å²) in [4.78, 5) is 25.2. The molecule has 3 aromatic heterocycles. The quantitative estimate of drug-likeness (QED) is 0.500. The number of rotatable bonds is 7. The van der Waals surface area contributed by atoms with E-state index >= 15 is 0 Å². The molecule has 0 saturated heterocycles. The number of pyridine rings is 1. The lowest BCUT2D eigenvalue weighted by Gasteiger charge is -2.19. The van der Waals surface area contributed by atoms with E-state index in [2.05, 4.69) is 34.5 Å². The molecular formula is C23H24N6O2. The Hall–Kier alpha value is -3.81. The predicted octanol–water partition coefficient (Wildman–Crippen LogP) is 2.86. The number of aromatic nitrogens is 5. The van der Waals surface area contributed by atoms with Crippen LogP contribution in [0.4, 0.5) is 0 Å². The molecule has 0 unspecified atom stereocenters. The SMILES string of the molecule is CC(C)C[C@H](NC(=O)Cn1nc(-c2ccccc2)ccc1=O)c1nnc2ccccn12. The van der Waals surface area contributed by atoms with Crippen molar-refractivity contribution in [1.29, 1.82) is 0 Å². The molecule has 0 aliphatic heterocycles. The number of hydrogen-bond acceptors (Lipinski definition) is 5. The second kappa shape index (κ2) is 8.91. The standard InChI is InChI=1S/C23H24N6O2/c1-16(2)14-19(23-26-25-20-10-6-7-13-28(20)23)24-21(30)15-29-22(31)12-11-18(27-29)17-8-4-3-5-9-17/h3-13,16,19H,14-15H2,1-2H3,(H,24,30)/t19-/m0/s1. The van der Waals surface area contributed by atoms with Gasteiger partial charge in [0, 0.05) is 17.8 Å². The van der Waals surface area contributed by atoms with Gasteiger partial charge in [-0.3, -0.25) is 14.0 Å². The predicted molar refractivity (Wildman–Crippen MR) is 117 cm³/mol. The van der Waals surface area contributed by atoms with Gasteiger partial charge in [0.1, 0.15) is 6.54 Å². The van der Waals surface area contributed by atoms with Gasteiger partial charge in [-0.2, -0.15) is 5.10 Å². The van der Waals surface area contributed by atoms with Crippen molar-refractivity contribution in [2.45, 2.75) is 32.9 Å². The van der Waals surface area contributed by atoms with Crippen LogP contribution >= 0.6 is 0 Å². The Morgan fingerprint density at radius 3 is 2.55 bits per heavy atom. The van der Waals surface area contributed by atoms with Crippen molar-refractivity contribution in [2.75, 3.05) is 0 Å². The maximum absolute atomic E-state index is 12.9. The number of hydrogen-bond donors (Lipinski definition) is 1. The molecule has 0 fully saturated rings. The van der Waals surface area contributed by atoms with E-state index in [0.717, 1.165) is 5.56 Å². The largest absolute Gasteiger partial charge is 0.344 e. The summed E-state index contributed by atoms with van der Waals surface area (Å²) >= 11 is 0. The monoisotopic (exact) mass is 416 g/mol. The van der Waals surface area contributed by atoms with Crippen LogP contribution in [-0.2, 0) is 11.3 Å². The molecule has 0 saturated carbocycles. The van der Waals surface area contributed by atoms with Crippen molar-refractivity contribution >= 4 is 11.6 Å². The van der Waals surface area contributed by atoms with Gasteiger partial charge in [-0.15, -0.1) is 10.2 Å². The molecule has 1 atom stereocenters. The van der Waals surface area contributed by atoms with Gasteiger partial charge in [-0.1, -0.05) is 50.2 Å². The maximum atomic E-state index is 12.9. The van der Waals surface area contributed by atoms with E-state index < -0.39 is 0 Å². The highest BCUT2D eigenvalue weighted by molar-refractivity contribution is 5.76. The third-order valence-electron chi connectivity index (χ3n) is 4.92. The topological polar surface area (TPSA) is 94.2 Å². The molecule has 158 valence electrons. The first-order chi connectivity index (χ1) is 15.0. The lowest BCUT2D eigenvalue weighted by atomic mass is 10.0. The van der Waals surface area contributed by atoms with Gasteiger partial charge in [0.25, 0.3) is 5.56 Å². The zero-order chi connectivity index (χ0) is 21.8. The summed E-state index contributed by atoms with van der Waals surface area (Å²) in [5.41, 5.74) is 1.90. The van der Waals surface area contributed by atoms with E-state index in [0.29, 0.717) is 29.5 Å².